The van der Waals surface area contributed by atoms with Crippen LogP contribution in [0.15, 0.2) is 97.1 Å². The fourth-order valence-corrected chi connectivity index (χ4v) is 4.56. The van der Waals surface area contributed by atoms with Crippen LogP contribution in [0.4, 0.5) is 17.1 Å². The third kappa shape index (κ3) is 4.18. The van der Waals surface area contributed by atoms with Crippen LogP contribution in [0.5, 0.6) is 0 Å². The van der Waals surface area contributed by atoms with Crippen molar-refractivity contribution in [2.45, 2.75) is 12.6 Å². The van der Waals surface area contributed by atoms with Crippen molar-refractivity contribution >= 4 is 28.9 Å². The molecule has 2 N–H and O–H groups in total. The van der Waals surface area contributed by atoms with Gasteiger partial charge in [0.2, 0.25) is 11.6 Å². The molecule has 0 aliphatic carbocycles. The molecular formula is C30H27N3O3. The Morgan fingerprint density at radius 3 is 2.11 bits per heavy atom. The summed E-state index contributed by atoms with van der Waals surface area (Å²) < 4.78 is 6.15. The Labute approximate surface area is 210 Å². The molecule has 4 aromatic rings. The Bertz CT molecular complexity index is 1430. The summed E-state index contributed by atoms with van der Waals surface area (Å²) in [5, 5.41) is 6.39. The predicted molar refractivity (Wildman–Crippen MR) is 143 cm³/mol. The van der Waals surface area contributed by atoms with Crippen molar-refractivity contribution < 1.29 is 14.3 Å². The van der Waals surface area contributed by atoms with Crippen molar-refractivity contribution in [3.8, 4) is 11.1 Å². The molecule has 36 heavy (non-hydrogen) atoms. The number of hydrogen-bond acceptors (Lipinski definition) is 5. The van der Waals surface area contributed by atoms with Crippen molar-refractivity contribution in [3.05, 3.63) is 114 Å². The number of hydrogen-bond donors (Lipinski definition) is 2. The summed E-state index contributed by atoms with van der Waals surface area (Å²) in [6.45, 7) is 1.48. The van der Waals surface area contributed by atoms with E-state index in [9.17, 15) is 9.59 Å². The average Bonchev–Trinajstić information content (AvgIpc) is 3.17. The molecule has 5 rings (SSSR count). The van der Waals surface area contributed by atoms with Crippen molar-refractivity contribution in [3.63, 3.8) is 0 Å². The van der Waals surface area contributed by atoms with Crippen LogP contribution in [0.25, 0.3) is 11.1 Å². The molecule has 4 aromatic carbocycles. The topological polar surface area (TPSA) is 70.7 Å². The van der Waals surface area contributed by atoms with Gasteiger partial charge in [-0.2, -0.15) is 0 Å². The van der Waals surface area contributed by atoms with Crippen LogP contribution in [0.2, 0.25) is 0 Å². The van der Waals surface area contributed by atoms with Crippen molar-refractivity contribution in [2.24, 2.45) is 0 Å². The maximum absolute atomic E-state index is 13.0. The normalized spacial score (nSPS) is 16.1. The van der Waals surface area contributed by atoms with E-state index in [-0.39, 0.29) is 11.9 Å². The number of ether oxygens (including phenoxy) is 1. The number of rotatable bonds is 6. The minimum atomic E-state index is -1.19. The van der Waals surface area contributed by atoms with Gasteiger partial charge in [0.25, 0.3) is 0 Å². The highest BCUT2D eigenvalue weighted by Crippen LogP contribution is 2.44. The van der Waals surface area contributed by atoms with E-state index >= 15 is 0 Å². The number of amides is 1. The van der Waals surface area contributed by atoms with Crippen LogP contribution < -0.4 is 15.5 Å². The van der Waals surface area contributed by atoms with Gasteiger partial charge in [-0.15, -0.1) is 0 Å². The number of cyclic esters (lactones) is 1. The predicted octanol–water partition coefficient (Wildman–Crippen LogP) is 5.86. The molecule has 1 heterocycles. The lowest BCUT2D eigenvalue weighted by Gasteiger charge is -2.32. The summed E-state index contributed by atoms with van der Waals surface area (Å²) in [6, 6.07) is 31.0. The SMILES string of the molecule is CC(=O)Nc1ccc(-c2ccccc2NC2(c3ccc(N(C)C)cc3)OC(=O)c3ccccc32)cc1. The Morgan fingerprint density at radius 1 is 0.806 bits per heavy atom. The number of nitrogens with zero attached hydrogens (tertiary/aromatic N) is 1. The second-order valence-corrected chi connectivity index (χ2v) is 8.99. The quantitative estimate of drug-likeness (QED) is 0.340. The molecule has 1 atom stereocenters. The first-order valence-electron chi connectivity index (χ1n) is 11.7. The smallest absolute Gasteiger partial charge is 0.341 e. The first-order valence-corrected chi connectivity index (χ1v) is 11.7. The van der Waals surface area contributed by atoms with Crippen LogP contribution in [-0.2, 0) is 15.3 Å². The summed E-state index contributed by atoms with van der Waals surface area (Å²) >= 11 is 0. The third-order valence-electron chi connectivity index (χ3n) is 6.32. The monoisotopic (exact) mass is 477 g/mol. The molecule has 1 aliphatic heterocycles. The van der Waals surface area contributed by atoms with E-state index in [4.69, 9.17) is 4.74 Å². The second-order valence-electron chi connectivity index (χ2n) is 8.99. The van der Waals surface area contributed by atoms with Gasteiger partial charge in [-0.3, -0.25) is 4.79 Å². The van der Waals surface area contributed by atoms with Gasteiger partial charge in [-0.25, -0.2) is 4.79 Å². The zero-order chi connectivity index (χ0) is 25.3. The number of carbonyl (C=O) groups is 2. The van der Waals surface area contributed by atoms with E-state index in [1.54, 1.807) is 6.07 Å². The number of nitrogens with one attached hydrogen (secondary N) is 2. The third-order valence-corrected chi connectivity index (χ3v) is 6.32. The fourth-order valence-electron chi connectivity index (χ4n) is 4.56. The molecule has 0 spiro atoms. The number of benzene rings is 4. The summed E-state index contributed by atoms with van der Waals surface area (Å²) in [5.74, 6) is -0.485. The highest BCUT2D eigenvalue weighted by Gasteiger charge is 2.47. The maximum atomic E-state index is 13.0. The Balaban J connectivity index is 1.61. The fraction of sp³-hybridized carbons (Fsp3) is 0.133. The Morgan fingerprint density at radius 2 is 1.44 bits per heavy atom. The van der Waals surface area contributed by atoms with Crippen molar-refractivity contribution in [1.82, 2.24) is 0 Å². The zero-order valence-electron chi connectivity index (χ0n) is 20.4. The Hall–Kier alpha value is -4.58. The number of carbonyl (C=O) groups excluding carboxylic acids is 2. The van der Waals surface area contributed by atoms with Gasteiger partial charge in [-0.1, -0.05) is 60.7 Å². The van der Waals surface area contributed by atoms with Crippen molar-refractivity contribution in [2.75, 3.05) is 29.6 Å². The molecular weight excluding hydrogens is 450 g/mol. The molecule has 6 heteroatoms. The molecule has 0 saturated carbocycles. The lowest BCUT2D eigenvalue weighted by molar-refractivity contribution is -0.114. The van der Waals surface area contributed by atoms with Crippen LogP contribution >= 0.6 is 0 Å². The molecule has 180 valence electrons. The molecule has 0 radical (unpaired) electrons. The van der Waals surface area contributed by atoms with Gasteiger partial charge in [0, 0.05) is 54.8 Å². The molecule has 6 nitrogen and oxygen atoms in total. The molecule has 1 amide bonds. The highest BCUT2D eigenvalue weighted by molar-refractivity contribution is 5.96. The van der Waals surface area contributed by atoms with Gasteiger partial charge in [-0.05, 0) is 42.0 Å². The highest BCUT2D eigenvalue weighted by atomic mass is 16.6. The largest absolute Gasteiger partial charge is 0.427 e. The lowest BCUT2D eigenvalue weighted by Crippen LogP contribution is -2.37. The first kappa shape index (κ1) is 23.2. The Kier molecular flexibility index (Phi) is 5.94. The summed E-state index contributed by atoms with van der Waals surface area (Å²) in [7, 11) is 3.97. The van der Waals surface area contributed by atoms with Crippen LogP contribution in [0.3, 0.4) is 0 Å². The first-order chi connectivity index (χ1) is 17.4. The van der Waals surface area contributed by atoms with E-state index in [0.29, 0.717) is 5.56 Å². The van der Waals surface area contributed by atoms with Crippen molar-refractivity contribution in [1.29, 1.82) is 0 Å². The lowest BCUT2D eigenvalue weighted by atomic mass is 9.91. The van der Waals surface area contributed by atoms with E-state index in [1.807, 2.05) is 110 Å². The van der Waals surface area contributed by atoms with Crippen LogP contribution in [0, 0.1) is 0 Å². The van der Waals surface area contributed by atoms with E-state index in [1.165, 1.54) is 6.92 Å². The van der Waals surface area contributed by atoms with E-state index in [0.717, 1.165) is 39.3 Å². The molecule has 0 saturated heterocycles. The van der Waals surface area contributed by atoms with Gasteiger partial charge >= 0.3 is 5.97 Å². The molecule has 0 bridgehead atoms. The summed E-state index contributed by atoms with van der Waals surface area (Å²) in [6.07, 6.45) is 0. The van der Waals surface area contributed by atoms with Crippen LogP contribution in [-0.4, -0.2) is 26.0 Å². The zero-order valence-corrected chi connectivity index (χ0v) is 20.4. The minimum absolute atomic E-state index is 0.117. The van der Waals surface area contributed by atoms with Gasteiger partial charge in [0.05, 0.1) is 5.56 Å². The summed E-state index contributed by atoms with van der Waals surface area (Å²) in [4.78, 5) is 26.4. The van der Waals surface area contributed by atoms with Gasteiger partial charge in [0.1, 0.15) is 0 Å². The number of anilines is 3. The standard InChI is InChI=1S/C30H27N3O3/c1-20(34)31-23-16-12-21(13-17-23)25-8-5-7-11-28(25)32-30(22-14-18-24(19-15-22)33(2)3)27-10-6-4-9-26(27)29(35)36-30/h4-19,32H,1-3H3,(H,31,34). The second kappa shape index (κ2) is 9.23. The number of fused-ring (bicyclic) bond motifs is 1. The summed E-state index contributed by atoms with van der Waals surface area (Å²) in [5.41, 5.74) is 5.43. The van der Waals surface area contributed by atoms with Crippen LogP contribution in [0.1, 0.15) is 28.4 Å². The maximum Gasteiger partial charge on any atom is 0.341 e. The van der Waals surface area contributed by atoms with Gasteiger partial charge in [0.15, 0.2) is 0 Å². The van der Waals surface area contributed by atoms with E-state index in [2.05, 4.69) is 10.6 Å². The molecule has 1 aliphatic rings. The molecule has 1 unspecified atom stereocenters. The molecule has 0 fully saturated rings. The van der Waals surface area contributed by atoms with Gasteiger partial charge < -0.3 is 20.3 Å². The van der Waals surface area contributed by atoms with E-state index < -0.39 is 5.72 Å². The average molecular weight is 478 g/mol. The molecule has 0 aromatic heterocycles. The minimum Gasteiger partial charge on any atom is -0.427 e. The number of esters is 1. The number of para-hydroxylation sites is 1.